The Balaban J connectivity index is 1.49. The second-order valence-corrected chi connectivity index (χ2v) is 14.3. The number of hydrogen-bond acceptors (Lipinski definition) is 5. The molecule has 8 nitrogen and oxygen atoms in total. The number of benzene rings is 2. The van der Waals surface area contributed by atoms with Gasteiger partial charge in [-0.1, -0.05) is 134 Å². The van der Waals surface area contributed by atoms with E-state index in [0.717, 1.165) is 41.6 Å². The van der Waals surface area contributed by atoms with Crippen LogP contribution in [0.15, 0.2) is 53.4 Å². The number of fused-ring (bicyclic) bond motifs is 1. The molecular formula is C32H50N2O6S2. The summed E-state index contributed by atoms with van der Waals surface area (Å²) in [6.07, 6.45) is 19.6. The predicted molar refractivity (Wildman–Crippen MR) is 171 cm³/mol. The molecule has 42 heavy (non-hydrogen) atoms. The van der Waals surface area contributed by atoms with Gasteiger partial charge in [-0.25, -0.2) is 4.31 Å². The summed E-state index contributed by atoms with van der Waals surface area (Å²) in [5, 5.41) is 0. The van der Waals surface area contributed by atoms with E-state index in [4.69, 9.17) is 0 Å². The van der Waals surface area contributed by atoms with Gasteiger partial charge in [-0.15, -0.1) is 0 Å². The highest BCUT2D eigenvalue weighted by Crippen LogP contribution is 2.44. The summed E-state index contributed by atoms with van der Waals surface area (Å²) in [6.45, 7) is 2.57. The first-order valence-corrected chi connectivity index (χ1v) is 18.7. The van der Waals surface area contributed by atoms with Crippen LogP contribution >= 0.6 is 0 Å². The Morgan fingerprint density at radius 3 is 1.62 bits per heavy atom. The van der Waals surface area contributed by atoms with Crippen molar-refractivity contribution in [2.24, 2.45) is 0 Å². The summed E-state index contributed by atoms with van der Waals surface area (Å²) < 4.78 is 69.6. The van der Waals surface area contributed by atoms with Gasteiger partial charge in [0.15, 0.2) is 0 Å². The van der Waals surface area contributed by atoms with Crippen LogP contribution in [0.1, 0.15) is 122 Å². The highest BCUT2D eigenvalue weighted by Gasteiger charge is 2.42. The number of nitrogens with zero attached hydrogens (tertiary/aromatic N) is 2. The van der Waals surface area contributed by atoms with E-state index in [1.165, 1.54) is 89.2 Å². The van der Waals surface area contributed by atoms with Crippen molar-refractivity contribution in [3.8, 4) is 0 Å². The van der Waals surface area contributed by atoms with Gasteiger partial charge in [0.1, 0.15) is 6.17 Å². The van der Waals surface area contributed by atoms with Gasteiger partial charge in [0.05, 0.1) is 16.3 Å². The SMILES string of the molecule is CCCCCCCCCCCCCCCCCCC1N(Cc2ccccc2)c2cc(S(=O)(=O)O)ccc2N1S(=O)(=O)O. The van der Waals surface area contributed by atoms with Crippen LogP contribution in [0.2, 0.25) is 0 Å². The highest BCUT2D eigenvalue weighted by molar-refractivity contribution is 7.87. The van der Waals surface area contributed by atoms with Crippen LogP contribution in [0, 0.1) is 0 Å². The first-order valence-electron chi connectivity index (χ1n) is 15.8. The topological polar surface area (TPSA) is 115 Å². The van der Waals surface area contributed by atoms with Crippen molar-refractivity contribution in [3.05, 3.63) is 54.1 Å². The minimum Gasteiger partial charge on any atom is -0.344 e. The molecule has 2 aromatic carbocycles. The average Bonchev–Trinajstić information content (AvgIpc) is 3.25. The fourth-order valence-electron chi connectivity index (χ4n) is 5.92. The minimum absolute atomic E-state index is 0.197. The van der Waals surface area contributed by atoms with E-state index >= 15 is 0 Å². The summed E-state index contributed by atoms with van der Waals surface area (Å²) in [7, 11) is -9.12. The standard InChI is InChI=1S/C32H50N2O6S2/c1-2-3-4-5-6-7-8-9-10-11-12-13-14-15-16-20-23-32-33(27-28-21-18-17-19-22-28)31-26-29(41(35,36)37)24-25-30(31)34(32)42(38,39)40/h17-19,21-22,24-26,32H,2-16,20,23,27H2,1H3,(H,35,36,37)(H,38,39,40). The first kappa shape index (κ1) is 34.4. The molecule has 236 valence electrons. The summed E-state index contributed by atoms with van der Waals surface area (Å²) in [4.78, 5) is 1.48. The lowest BCUT2D eigenvalue weighted by molar-refractivity contribution is 0.456. The maximum absolute atomic E-state index is 12.5. The normalized spacial score (nSPS) is 15.4. The number of hydrogen-bond donors (Lipinski definition) is 2. The van der Waals surface area contributed by atoms with Gasteiger partial charge < -0.3 is 4.90 Å². The first-order chi connectivity index (χ1) is 20.1. The molecule has 0 saturated heterocycles. The molecule has 0 amide bonds. The van der Waals surface area contributed by atoms with E-state index in [1.807, 2.05) is 30.3 Å². The van der Waals surface area contributed by atoms with E-state index < -0.39 is 26.6 Å². The van der Waals surface area contributed by atoms with E-state index in [1.54, 1.807) is 4.90 Å². The Morgan fingerprint density at radius 1 is 0.643 bits per heavy atom. The van der Waals surface area contributed by atoms with Gasteiger partial charge in [-0.2, -0.15) is 16.8 Å². The summed E-state index contributed by atoms with van der Waals surface area (Å²) in [5.74, 6) is 0. The van der Waals surface area contributed by atoms with E-state index in [0.29, 0.717) is 18.7 Å². The summed E-state index contributed by atoms with van der Waals surface area (Å²) in [6, 6.07) is 13.2. The molecule has 2 N–H and O–H groups in total. The zero-order valence-electron chi connectivity index (χ0n) is 25.2. The molecule has 0 bridgehead atoms. The van der Waals surface area contributed by atoms with Crippen LogP contribution in [0.25, 0.3) is 0 Å². The van der Waals surface area contributed by atoms with Gasteiger partial charge in [-0.05, 0) is 36.6 Å². The maximum Gasteiger partial charge on any atom is 0.361 e. The molecule has 1 aliphatic rings. The molecule has 0 radical (unpaired) electrons. The van der Waals surface area contributed by atoms with Gasteiger partial charge in [-0.3, -0.25) is 9.11 Å². The van der Waals surface area contributed by atoms with Crippen LogP contribution in [0.3, 0.4) is 0 Å². The predicted octanol–water partition coefficient (Wildman–Crippen LogP) is 8.54. The van der Waals surface area contributed by atoms with Crippen LogP contribution in [-0.4, -0.2) is 32.1 Å². The second-order valence-electron chi connectivity index (χ2n) is 11.6. The lowest BCUT2D eigenvalue weighted by atomic mass is 10.0. The number of rotatable bonds is 21. The molecule has 1 aliphatic heterocycles. The molecule has 1 unspecified atom stereocenters. The third-order valence-corrected chi connectivity index (χ3v) is 9.97. The monoisotopic (exact) mass is 622 g/mol. The quantitative estimate of drug-likeness (QED) is 0.106. The van der Waals surface area contributed by atoms with Crippen LogP contribution in [0.5, 0.6) is 0 Å². The third kappa shape index (κ3) is 10.8. The maximum atomic E-state index is 12.5. The van der Waals surface area contributed by atoms with Crippen molar-refractivity contribution in [1.29, 1.82) is 0 Å². The van der Waals surface area contributed by atoms with Crippen LogP contribution < -0.4 is 9.21 Å². The Kier molecular flexibility index (Phi) is 14.1. The molecular weight excluding hydrogens is 572 g/mol. The lowest BCUT2D eigenvalue weighted by Gasteiger charge is -2.31. The molecule has 0 fully saturated rings. The zero-order valence-corrected chi connectivity index (χ0v) is 26.8. The Bertz CT molecular complexity index is 1290. The van der Waals surface area contributed by atoms with Crippen LogP contribution in [-0.2, 0) is 27.0 Å². The molecule has 3 rings (SSSR count). The molecule has 2 aromatic rings. The minimum atomic E-state index is -4.63. The van der Waals surface area contributed by atoms with Crippen molar-refractivity contribution in [2.45, 2.75) is 134 Å². The highest BCUT2D eigenvalue weighted by atomic mass is 32.2. The van der Waals surface area contributed by atoms with Crippen molar-refractivity contribution in [2.75, 3.05) is 9.21 Å². The van der Waals surface area contributed by atoms with Crippen molar-refractivity contribution < 1.29 is 25.9 Å². The van der Waals surface area contributed by atoms with Crippen molar-refractivity contribution in [1.82, 2.24) is 0 Å². The fraction of sp³-hybridized carbons (Fsp3) is 0.625. The van der Waals surface area contributed by atoms with Gasteiger partial charge in [0.25, 0.3) is 10.1 Å². The second kappa shape index (κ2) is 17.2. The molecule has 0 saturated carbocycles. The molecule has 0 spiro atoms. The van der Waals surface area contributed by atoms with Crippen molar-refractivity contribution >= 4 is 31.8 Å². The Labute approximate surface area is 254 Å². The number of unbranched alkanes of at least 4 members (excludes halogenated alkanes) is 15. The lowest BCUT2D eigenvalue weighted by Crippen LogP contribution is -2.45. The average molecular weight is 623 g/mol. The summed E-state index contributed by atoms with van der Waals surface area (Å²) in [5.41, 5.74) is 1.45. The molecule has 0 aromatic heterocycles. The van der Waals surface area contributed by atoms with Gasteiger partial charge >= 0.3 is 10.3 Å². The van der Waals surface area contributed by atoms with Gasteiger partial charge in [0, 0.05) is 6.54 Å². The van der Waals surface area contributed by atoms with Crippen molar-refractivity contribution in [3.63, 3.8) is 0 Å². The molecule has 1 atom stereocenters. The zero-order chi connectivity index (χ0) is 30.4. The summed E-state index contributed by atoms with van der Waals surface area (Å²) >= 11 is 0. The van der Waals surface area contributed by atoms with Crippen LogP contribution in [0.4, 0.5) is 11.4 Å². The Morgan fingerprint density at radius 2 is 1.14 bits per heavy atom. The van der Waals surface area contributed by atoms with E-state index in [2.05, 4.69) is 6.92 Å². The molecule has 10 heteroatoms. The largest absolute Gasteiger partial charge is 0.361 e. The third-order valence-electron chi connectivity index (χ3n) is 8.18. The van der Waals surface area contributed by atoms with E-state index in [9.17, 15) is 25.9 Å². The number of anilines is 2. The smallest absolute Gasteiger partial charge is 0.344 e. The fourth-order valence-corrected chi connectivity index (χ4v) is 7.35. The molecule has 1 heterocycles. The van der Waals surface area contributed by atoms with Gasteiger partial charge in [0.2, 0.25) is 0 Å². The van der Waals surface area contributed by atoms with E-state index in [-0.39, 0.29) is 10.6 Å². The Hall–Kier alpha value is -2.14. The molecule has 0 aliphatic carbocycles.